The fourth-order valence-electron chi connectivity index (χ4n) is 4.80. The number of nitrogens with zero attached hydrogens (tertiary/aromatic N) is 2. The molecule has 0 radical (unpaired) electrons. The van der Waals surface area contributed by atoms with E-state index in [4.69, 9.17) is 19.8 Å². The van der Waals surface area contributed by atoms with Crippen LogP contribution in [0.5, 0.6) is 0 Å². The molecule has 0 bridgehead atoms. The number of aliphatic carboxylic acids is 2. The van der Waals surface area contributed by atoms with Crippen LogP contribution in [0.25, 0.3) is 0 Å². The van der Waals surface area contributed by atoms with Crippen molar-refractivity contribution >= 4 is 11.9 Å². The average molecular weight is 413 g/mol. The summed E-state index contributed by atoms with van der Waals surface area (Å²) >= 11 is 0. The molecule has 1 fully saturated rings. The zero-order valence-electron chi connectivity index (χ0n) is 17.7. The smallest absolute Gasteiger partial charge is 0.414 e. The van der Waals surface area contributed by atoms with Crippen LogP contribution in [-0.4, -0.2) is 51.3 Å². The minimum atomic E-state index is -1.82. The van der Waals surface area contributed by atoms with Crippen LogP contribution in [0.2, 0.25) is 0 Å². The van der Waals surface area contributed by atoms with Crippen molar-refractivity contribution in [3.63, 3.8) is 0 Å². The number of aromatic nitrogens is 1. The number of rotatable bonds is 4. The lowest BCUT2D eigenvalue weighted by molar-refractivity contribution is -0.159. The van der Waals surface area contributed by atoms with Gasteiger partial charge in [0, 0.05) is 18.9 Å². The lowest BCUT2D eigenvalue weighted by atomic mass is 9.84. The van der Waals surface area contributed by atoms with Crippen LogP contribution in [-0.2, 0) is 23.1 Å². The van der Waals surface area contributed by atoms with Gasteiger partial charge in [-0.1, -0.05) is 30.3 Å². The number of hydrogen-bond acceptors (Lipinski definition) is 3. The first-order chi connectivity index (χ1) is 14.5. The Morgan fingerprint density at radius 1 is 1.00 bits per heavy atom. The number of benzene rings is 1. The van der Waals surface area contributed by atoms with Gasteiger partial charge in [0.1, 0.15) is 0 Å². The van der Waals surface area contributed by atoms with Gasteiger partial charge in [-0.25, -0.2) is 9.59 Å². The van der Waals surface area contributed by atoms with E-state index in [1.54, 1.807) is 16.8 Å². The number of carboxylic acids is 2. The first-order valence-corrected chi connectivity index (χ1v) is 10.8. The first kappa shape index (κ1) is 22.1. The molecule has 6 heteroatoms. The topological polar surface area (TPSA) is 82.8 Å². The summed E-state index contributed by atoms with van der Waals surface area (Å²) in [5.74, 6) is -2.08. The van der Waals surface area contributed by atoms with Gasteiger partial charge in [0.25, 0.3) is 0 Å². The number of hydrogen-bond donors (Lipinski definition) is 2. The second-order valence-corrected chi connectivity index (χ2v) is 8.34. The Hall–Kier alpha value is -2.60. The maximum absolute atomic E-state index is 9.10. The van der Waals surface area contributed by atoms with Gasteiger partial charge in [0.05, 0.1) is 0 Å². The Morgan fingerprint density at radius 2 is 1.67 bits per heavy atom. The van der Waals surface area contributed by atoms with Crippen LogP contribution >= 0.6 is 0 Å². The summed E-state index contributed by atoms with van der Waals surface area (Å²) in [7, 11) is 2.20. The van der Waals surface area contributed by atoms with Crippen LogP contribution in [0.15, 0.2) is 42.6 Å². The summed E-state index contributed by atoms with van der Waals surface area (Å²) in [6.45, 7) is 3.82. The highest BCUT2D eigenvalue weighted by Gasteiger charge is 2.25. The summed E-state index contributed by atoms with van der Waals surface area (Å²) in [5.41, 5.74) is 4.77. The minimum absolute atomic E-state index is 0.776. The first-order valence-electron chi connectivity index (χ1n) is 10.8. The molecule has 162 valence electrons. The molecule has 2 aromatic rings. The van der Waals surface area contributed by atoms with Crippen LogP contribution in [0.3, 0.4) is 0 Å². The number of likely N-dealkylation sites (tertiary alicyclic amines) is 1. The van der Waals surface area contributed by atoms with Crippen molar-refractivity contribution in [2.75, 3.05) is 19.6 Å². The van der Waals surface area contributed by atoms with E-state index < -0.39 is 11.9 Å². The van der Waals surface area contributed by atoms with Crippen molar-refractivity contribution in [2.24, 2.45) is 7.05 Å². The third-order valence-electron chi connectivity index (χ3n) is 6.48. The molecule has 2 heterocycles. The lowest BCUT2D eigenvalue weighted by Gasteiger charge is -2.33. The van der Waals surface area contributed by atoms with Gasteiger partial charge < -0.3 is 19.7 Å². The van der Waals surface area contributed by atoms with Gasteiger partial charge in [0.15, 0.2) is 0 Å². The largest absolute Gasteiger partial charge is 0.473 e. The van der Waals surface area contributed by atoms with Gasteiger partial charge in [0.2, 0.25) is 0 Å². The van der Waals surface area contributed by atoms with Gasteiger partial charge in [-0.2, -0.15) is 0 Å². The van der Waals surface area contributed by atoms with Crippen LogP contribution < -0.4 is 0 Å². The highest BCUT2D eigenvalue weighted by molar-refractivity contribution is 6.27. The Balaban J connectivity index is 0.000000377. The predicted molar refractivity (Wildman–Crippen MR) is 116 cm³/mol. The van der Waals surface area contributed by atoms with E-state index in [0.717, 1.165) is 11.8 Å². The van der Waals surface area contributed by atoms with E-state index in [1.165, 1.54) is 58.2 Å². The van der Waals surface area contributed by atoms with Crippen LogP contribution in [0, 0.1) is 0 Å². The third kappa shape index (κ3) is 5.72. The maximum atomic E-state index is 9.10. The van der Waals surface area contributed by atoms with Crippen LogP contribution in [0.1, 0.15) is 60.8 Å². The number of piperidine rings is 1. The summed E-state index contributed by atoms with van der Waals surface area (Å²) in [6, 6.07) is 13.5. The standard InChI is InChI=1S/C22H30N2.C2H2O4/c1-23-14-13-21-20(8-5-9-22(21)23)12-17-24-15-10-19(11-16-24)18-6-3-2-4-7-18;3-1(4)2(5)6/h2-4,6-7,13-14,19-20H,5,8-12,15-17H2,1H3;(H,3,4)(H,5,6). The molecule has 1 aliphatic carbocycles. The molecule has 1 aliphatic heterocycles. The Bertz CT molecular complexity index is 826. The number of carboxylic acid groups (broad SMARTS) is 2. The molecule has 2 N–H and O–H groups in total. The average Bonchev–Trinajstić information content (AvgIpc) is 3.15. The van der Waals surface area contributed by atoms with Crippen molar-refractivity contribution in [2.45, 2.75) is 50.4 Å². The van der Waals surface area contributed by atoms with E-state index in [0.29, 0.717) is 0 Å². The van der Waals surface area contributed by atoms with Gasteiger partial charge in [-0.05, 0) is 87.2 Å². The number of aryl methyl sites for hydroxylation is 1. The van der Waals surface area contributed by atoms with Gasteiger partial charge in [-0.15, -0.1) is 0 Å². The molecule has 4 rings (SSSR count). The van der Waals surface area contributed by atoms with E-state index in [1.807, 2.05) is 0 Å². The van der Waals surface area contributed by atoms with Crippen molar-refractivity contribution in [3.8, 4) is 0 Å². The monoisotopic (exact) mass is 412 g/mol. The molecule has 1 aromatic carbocycles. The molecule has 1 unspecified atom stereocenters. The fraction of sp³-hybridized carbons (Fsp3) is 0.500. The van der Waals surface area contributed by atoms with E-state index in [2.05, 4.69) is 59.1 Å². The highest BCUT2D eigenvalue weighted by atomic mass is 16.4. The molecular formula is C24H32N2O4. The van der Waals surface area contributed by atoms with Crippen molar-refractivity contribution < 1.29 is 19.8 Å². The number of carbonyl (C=O) groups is 2. The predicted octanol–water partition coefficient (Wildman–Crippen LogP) is 3.87. The van der Waals surface area contributed by atoms with Crippen molar-refractivity contribution in [1.82, 2.24) is 9.47 Å². The second-order valence-electron chi connectivity index (χ2n) is 8.34. The second kappa shape index (κ2) is 10.4. The van der Waals surface area contributed by atoms with E-state index in [-0.39, 0.29) is 0 Å². The minimum Gasteiger partial charge on any atom is -0.473 e. The molecule has 30 heavy (non-hydrogen) atoms. The Kier molecular flexibility index (Phi) is 7.69. The zero-order chi connectivity index (χ0) is 21.5. The van der Waals surface area contributed by atoms with E-state index in [9.17, 15) is 0 Å². The zero-order valence-corrected chi connectivity index (χ0v) is 17.7. The summed E-state index contributed by atoms with van der Waals surface area (Å²) < 4.78 is 2.34. The van der Waals surface area contributed by atoms with Gasteiger partial charge >= 0.3 is 11.9 Å². The Morgan fingerprint density at radius 3 is 2.30 bits per heavy atom. The molecule has 1 atom stereocenters. The normalized spacial score (nSPS) is 19.4. The summed E-state index contributed by atoms with van der Waals surface area (Å²) in [4.78, 5) is 20.9. The van der Waals surface area contributed by atoms with Crippen molar-refractivity contribution in [1.29, 1.82) is 0 Å². The molecule has 2 aliphatic rings. The molecule has 1 aromatic heterocycles. The quantitative estimate of drug-likeness (QED) is 0.745. The van der Waals surface area contributed by atoms with E-state index >= 15 is 0 Å². The van der Waals surface area contributed by atoms with Gasteiger partial charge in [-0.3, -0.25) is 0 Å². The molecule has 0 spiro atoms. The summed E-state index contributed by atoms with van der Waals surface area (Å²) in [5, 5.41) is 14.8. The summed E-state index contributed by atoms with van der Waals surface area (Å²) in [6.07, 6.45) is 10.3. The molecular weight excluding hydrogens is 380 g/mol. The van der Waals surface area contributed by atoms with Crippen LogP contribution in [0.4, 0.5) is 0 Å². The molecule has 1 saturated heterocycles. The number of fused-ring (bicyclic) bond motifs is 1. The molecule has 6 nitrogen and oxygen atoms in total. The maximum Gasteiger partial charge on any atom is 0.414 e. The lowest BCUT2D eigenvalue weighted by Crippen LogP contribution is -2.34. The Labute approximate surface area is 178 Å². The molecule has 0 saturated carbocycles. The van der Waals surface area contributed by atoms with Crippen molar-refractivity contribution in [3.05, 3.63) is 59.4 Å². The SMILES string of the molecule is Cn1ccc2c1CCCC2CCN1CCC(c2ccccc2)CC1.O=C(O)C(=O)O. The highest BCUT2D eigenvalue weighted by Crippen LogP contribution is 2.35. The molecule has 0 amide bonds. The fourth-order valence-corrected chi connectivity index (χ4v) is 4.80. The third-order valence-corrected chi connectivity index (χ3v) is 6.48.